The van der Waals surface area contributed by atoms with Crippen molar-refractivity contribution in [3.8, 4) is 0 Å². The molecule has 0 saturated carbocycles. The number of thiocarbonyl (C=S) groups is 1. The van der Waals surface area contributed by atoms with Gasteiger partial charge in [0.2, 0.25) is 5.91 Å². The molecule has 5 N–H and O–H groups in total. The highest BCUT2D eigenvalue weighted by Crippen LogP contribution is 2.05. The molecule has 0 aliphatic carbocycles. The second kappa shape index (κ2) is 7.48. The minimum atomic E-state index is -0.324. The van der Waals surface area contributed by atoms with Gasteiger partial charge in [-0.3, -0.25) is 9.59 Å². The van der Waals surface area contributed by atoms with Crippen LogP contribution in [-0.4, -0.2) is 23.3 Å². The molecule has 0 aliphatic heterocycles. The number of nitrogens with two attached hydrogens (primary N) is 2. The van der Waals surface area contributed by atoms with E-state index in [4.69, 9.17) is 23.7 Å². The standard InChI is InChI=1S/C13H17N3O2S/c14-11(17)6-1-2-7-16-13(18)10-5-3-4-9(8-10)12(15)19/h3-5,8H,1-2,6-7H2,(H2,14,17)(H2,15,19)(H,16,18). The summed E-state index contributed by atoms with van der Waals surface area (Å²) in [5.41, 5.74) is 11.7. The molecule has 2 amide bonds. The summed E-state index contributed by atoms with van der Waals surface area (Å²) in [6.45, 7) is 0.503. The first-order chi connectivity index (χ1) is 9.00. The molecule has 1 aromatic carbocycles. The SMILES string of the molecule is NC(=O)CCCCNC(=O)c1cccc(C(N)=S)c1. The zero-order valence-corrected chi connectivity index (χ0v) is 11.3. The second-order valence-corrected chi connectivity index (χ2v) is 4.56. The van der Waals surface area contributed by atoms with Gasteiger partial charge in [0.25, 0.3) is 5.91 Å². The highest BCUT2D eigenvalue weighted by Gasteiger charge is 2.06. The topological polar surface area (TPSA) is 98.2 Å². The Morgan fingerprint density at radius 2 is 1.84 bits per heavy atom. The molecule has 0 radical (unpaired) electrons. The van der Waals surface area contributed by atoms with Crippen molar-refractivity contribution in [3.05, 3.63) is 35.4 Å². The number of primary amides is 1. The molecule has 0 heterocycles. The van der Waals surface area contributed by atoms with Gasteiger partial charge in [-0.1, -0.05) is 24.4 Å². The Kier molecular flexibility index (Phi) is 5.95. The van der Waals surface area contributed by atoms with Crippen LogP contribution in [0.3, 0.4) is 0 Å². The molecular weight excluding hydrogens is 262 g/mol. The van der Waals surface area contributed by atoms with E-state index in [0.29, 0.717) is 36.9 Å². The van der Waals surface area contributed by atoms with Gasteiger partial charge in [0.15, 0.2) is 0 Å². The minimum absolute atomic E-state index is 0.183. The summed E-state index contributed by atoms with van der Waals surface area (Å²) in [5.74, 6) is -0.507. The first-order valence-corrected chi connectivity index (χ1v) is 6.38. The summed E-state index contributed by atoms with van der Waals surface area (Å²) in [5, 5.41) is 2.76. The molecule has 6 heteroatoms. The number of nitrogens with one attached hydrogen (secondary N) is 1. The van der Waals surface area contributed by atoms with E-state index in [1.165, 1.54) is 0 Å². The average molecular weight is 279 g/mol. The lowest BCUT2D eigenvalue weighted by molar-refractivity contribution is -0.118. The third-order valence-electron chi connectivity index (χ3n) is 2.54. The van der Waals surface area contributed by atoms with Crippen LogP contribution in [0.25, 0.3) is 0 Å². The predicted molar refractivity (Wildman–Crippen MR) is 77.7 cm³/mol. The number of rotatable bonds is 7. The molecule has 102 valence electrons. The van der Waals surface area contributed by atoms with Gasteiger partial charge >= 0.3 is 0 Å². The smallest absolute Gasteiger partial charge is 0.251 e. The molecule has 1 aromatic rings. The summed E-state index contributed by atoms with van der Waals surface area (Å²) in [4.78, 5) is 22.6. The number of amides is 2. The molecule has 0 saturated heterocycles. The zero-order valence-electron chi connectivity index (χ0n) is 10.5. The van der Waals surface area contributed by atoms with Crippen molar-refractivity contribution in [2.45, 2.75) is 19.3 Å². The van der Waals surface area contributed by atoms with Crippen LogP contribution in [0.15, 0.2) is 24.3 Å². The fourth-order valence-corrected chi connectivity index (χ4v) is 1.67. The summed E-state index contributed by atoms with van der Waals surface area (Å²) in [6.07, 6.45) is 1.72. The highest BCUT2D eigenvalue weighted by molar-refractivity contribution is 7.80. The van der Waals surface area contributed by atoms with Crippen molar-refractivity contribution in [1.29, 1.82) is 0 Å². The zero-order chi connectivity index (χ0) is 14.3. The largest absolute Gasteiger partial charge is 0.389 e. The van der Waals surface area contributed by atoms with E-state index in [0.717, 1.165) is 0 Å². The van der Waals surface area contributed by atoms with Crippen LogP contribution in [0.2, 0.25) is 0 Å². The van der Waals surface area contributed by atoms with Gasteiger partial charge in [-0.2, -0.15) is 0 Å². The van der Waals surface area contributed by atoms with Gasteiger partial charge in [0.1, 0.15) is 4.99 Å². The molecule has 0 aromatic heterocycles. The van der Waals surface area contributed by atoms with E-state index < -0.39 is 0 Å². The predicted octanol–water partition coefficient (Wildman–Crippen LogP) is 0.706. The Morgan fingerprint density at radius 1 is 1.16 bits per heavy atom. The molecular formula is C13H17N3O2S. The van der Waals surface area contributed by atoms with Gasteiger partial charge in [0, 0.05) is 24.1 Å². The fourth-order valence-electron chi connectivity index (χ4n) is 1.54. The second-order valence-electron chi connectivity index (χ2n) is 4.12. The summed E-state index contributed by atoms with van der Waals surface area (Å²) < 4.78 is 0. The van der Waals surface area contributed by atoms with Crippen molar-refractivity contribution in [2.24, 2.45) is 11.5 Å². The fraction of sp³-hybridized carbons (Fsp3) is 0.308. The number of carbonyl (C=O) groups is 2. The molecule has 19 heavy (non-hydrogen) atoms. The lowest BCUT2D eigenvalue weighted by Gasteiger charge is -2.06. The van der Waals surface area contributed by atoms with E-state index in [1.54, 1.807) is 24.3 Å². The Hall–Kier alpha value is -1.95. The molecule has 0 aliphatic rings. The Morgan fingerprint density at radius 3 is 2.47 bits per heavy atom. The Labute approximate surface area is 117 Å². The lowest BCUT2D eigenvalue weighted by Crippen LogP contribution is -2.25. The van der Waals surface area contributed by atoms with Crippen molar-refractivity contribution in [3.63, 3.8) is 0 Å². The third kappa shape index (κ3) is 5.48. The van der Waals surface area contributed by atoms with Gasteiger partial charge in [-0.15, -0.1) is 0 Å². The monoisotopic (exact) mass is 279 g/mol. The molecule has 0 unspecified atom stereocenters. The maximum Gasteiger partial charge on any atom is 0.251 e. The van der Waals surface area contributed by atoms with E-state index in [9.17, 15) is 9.59 Å². The molecule has 0 fully saturated rings. The van der Waals surface area contributed by atoms with Crippen LogP contribution in [-0.2, 0) is 4.79 Å². The molecule has 1 rings (SSSR count). The number of unbranched alkanes of at least 4 members (excludes halogenated alkanes) is 1. The first-order valence-electron chi connectivity index (χ1n) is 5.97. The van der Waals surface area contributed by atoms with E-state index in [2.05, 4.69) is 5.32 Å². The number of hydrogen-bond donors (Lipinski definition) is 3. The third-order valence-corrected chi connectivity index (χ3v) is 2.78. The van der Waals surface area contributed by atoms with Crippen LogP contribution in [0, 0.1) is 0 Å². The van der Waals surface area contributed by atoms with Crippen LogP contribution >= 0.6 is 12.2 Å². The minimum Gasteiger partial charge on any atom is -0.389 e. The van der Waals surface area contributed by atoms with Crippen molar-refractivity contribution >= 4 is 29.0 Å². The average Bonchev–Trinajstić information content (AvgIpc) is 2.37. The van der Waals surface area contributed by atoms with Crippen LogP contribution in [0.1, 0.15) is 35.2 Å². The molecule has 0 spiro atoms. The van der Waals surface area contributed by atoms with Crippen LogP contribution in [0.5, 0.6) is 0 Å². The first kappa shape index (κ1) is 15.1. The summed E-state index contributed by atoms with van der Waals surface area (Å²) >= 11 is 4.86. The maximum atomic E-state index is 11.8. The summed E-state index contributed by atoms with van der Waals surface area (Å²) in [6, 6.07) is 6.84. The van der Waals surface area contributed by atoms with Crippen LogP contribution < -0.4 is 16.8 Å². The lowest BCUT2D eigenvalue weighted by atomic mass is 10.1. The Bertz CT molecular complexity index is 489. The van der Waals surface area contributed by atoms with Crippen molar-refractivity contribution in [1.82, 2.24) is 5.32 Å². The van der Waals surface area contributed by atoms with E-state index in [1.807, 2.05) is 0 Å². The van der Waals surface area contributed by atoms with Crippen LogP contribution in [0.4, 0.5) is 0 Å². The normalized spacial score (nSPS) is 9.89. The highest BCUT2D eigenvalue weighted by atomic mass is 32.1. The quantitative estimate of drug-likeness (QED) is 0.505. The van der Waals surface area contributed by atoms with E-state index in [-0.39, 0.29) is 16.8 Å². The molecule has 0 atom stereocenters. The van der Waals surface area contributed by atoms with E-state index >= 15 is 0 Å². The van der Waals surface area contributed by atoms with Gasteiger partial charge in [-0.05, 0) is 25.0 Å². The molecule has 0 bridgehead atoms. The van der Waals surface area contributed by atoms with Gasteiger partial charge in [0.05, 0.1) is 0 Å². The number of benzene rings is 1. The maximum absolute atomic E-state index is 11.8. The van der Waals surface area contributed by atoms with Gasteiger partial charge < -0.3 is 16.8 Å². The van der Waals surface area contributed by atoms with Crippen molar-refractivity contribution < 1.29 is 9.59 Å². The number of carbonyl (C=O) groups excluding carboxylic acids is 2. The molecule has 5 nitrogen and oxygen atoms in total. The van der Waals surface area contributed by atoms with Gasteiger partial charge in [-0.25, -0.2) is 0 Å². The number of hydrogen-bond acceptors (Lipinski definition) is 3. The summed E-state index contributed by atoms with van der Waals surface area (Å²) in [7, 11) is 0. The van der Waals surface area contributed by atoms with Crippen molar-refractivity contribution in [2.75, 3.05) is 6.54 Å². The Balaban J connectivity index is 2.43.